The Bertz CT molecular complexity index is 1170. The van der Waals surface area contributed by atoms with E-state index in [-0.39, 0.29) is 11.5 Å². The van der Waals surface area contributed by atoms with Crippen LogP contribution in [0.1, 0.15) is 75.3 Å². The number of hydrogen-bond acceptors (Lipinski definition) is 4. The van der Waals surface area contributed by atoms with Crippen molar-refractivity contribution in [2.24, 2.45) is 16.3 Å². The predicted molar refractivity (Wildman–Crippen MR) is 144 cm³/mol. The molecule has 0 N–H and O–H groups in total. The van der Waals surface area contributed by atoms with Gasteiger partial charge >= 0.3 is 0 Å². The molecule has 2 unspecified atom stereocenters. The summed E-state index contributed by atoms with van der Waals surface area (Å²) in [4.78, 5) is 9.78. The number of benzene rings is 1. The van der Waals surface area contributed by atoms with Crippen molar-refractivity contribution < 1.29 is 9.47 Å². The second-order valence-corrected chi connectivity index (χ2v) is 10.9. The molecule has 1 saturated carbocycles. The first-order valence-corrected chi connectivity index (χ1v) is 12.9. The SMILES string of the molecule is COC1=C(n2cnc(C)c2)C=CC(C)(C(C)N=C(Cc2cc(C(C)C)c(OC)cc2C)C2CC2)C1. The van der Waals surface area contributed by atoms with Crippen LogP contribution in [0.25, 0.3) is 5.70 Å². The van der Waals surface area contributed by atoms with E-state index < -0.39 is 0 Å². The molecule has 2 aromatic rings. The summed E-state index contributed by atoms with van der Waals surface area (Å²) in [6.07, 6.45) is 12.6. The van der Waals surface area contributed by atoms with E-state index >= 15 is 0 Å². The molecule has 35 heavy (non-hydrogen) atoms. The van der Waals surface area contributed by atoms with Crippen molar-refractivity contribution >= 4 is 11.4 Å². The van der Waals surface area contributed by atoms with E-state index in [2.05, 4.69) is 63.9 Å². The minimum absolute atomic E-state index is 0.108. The average Bonchev–Trinajstić information content (AvgIpc) is 3.59. The molecule has 188 valence electrons. The fourth-order valence-electron chi connectivity index (χ4n) is 4.97. The molecule has 0 bridgehead atoms. The normalized spacial score (nSPS) is 21.6. The first kappa shape index (κ1) is 25.3. The highest BCUT2D eigenvalue weighted by atomic mass is 16.5. The van der Waals surface area contributed by atoms with Crippen LogP contribution in [0, 0.1) is 25.2 Å². The third kappa shape index (κ3) is 5.39. The van der Waals surface area contributed by atoms with Crippen molar-refractivity contribution in [1.82, 2.24) is 9.55 Å². The summed E-state index contributed by atoms with van der Waals surface area (Å²) in [5.41, 5.74) is 7.20. The lowest BCUT2D eigenvalue weighted by atomic mass is 9.76. The van der Waals surface area contributed by atoms with Gasteiger partial charge in [-0.2, -0.15) is 0 Å². The zero-order valence-electron chi connectivity index (χ0n) is 22.7. The molecule has 1 aromatic heterocycles. The van der Waals surface area contributed by atoms with Crippen molar-refractivity contribution in [3.05, 3.63) is 65.0 Å². The summed E-state index contributed by atoms with van der Waals surface area (Å²) in [5, 5.41) is 0. The van der Waals surface area contributed by atoms with Gasteiger partial charge in [-0.15, -0.1) is 0 Å². The maximum Gasteiger partial charge on any atom is 0.122 e. The average molecular weight is 476 g/mol. The van der Waals surface area contributed by atoms with Gasteiger partial charge in [0.25, 0.3) is 0 Å². The molecule has 2 aliphatic rings. The summed E-state index contributed by atoms with van der Waals surface area (Å²) in [6.45, 7) is 13.2. The van der Waals surface area contributed by atoms with Gasteiger partial charge in [0.05, 0.1) is 38.0 Å². The lowest BCUT2D eigenvalue weighted by Crippen LogP contribution is -2.31. The molecule has 1 fully saturated rings. The minimum atomic E-state index is -0.108. The number of aryl methyl sites for hydroxylation is 2. The Balaban J connectivity index is 1.60. The molecule has 2 aliphatic carbocycles. The van der Waals surface area contributed by atoms with Crippen LogP contribution in [0.3, 0.4) is 0 Å². The first-order valence-electron chi connectivity index (χ1n) is 12.9. The Labute approximate surface area is 211 Å². The fourth-order valence-corrected chi connectivity index (χ4v) is 4.97. The van der Waals surface area contributed by atoms with Gasteiger partial charge in [-0.25, -0.2) is 4.98 Å². The van der Waals surface area contributed by atoms with Crippen molar-refractivity contribution in [1.29, 1.82) is 0 Å². The van der Waals surface area contributed by atoms with Crippen molar-refractivity contribution in [3.63, 3.8) is 0 Å². The van der Waals surface area contributed by atoms with E-state index in [1.54, 1.807) is 14.2 Å². The second kappa shape index (κ2) is 10.0. The summed E-state index contributed by atoms with van der Waals surface area (Å²) < 4.78 is 13.6. The topological polar surface area (TPSA) is 48.6 Å². The van der Waals surface area contributed by atoms with Gasteiger partial charge in [0.2, 0.25) is 0 Å². The van der Waals surface area contributed by atoms with Gasteiger partial charge in [0, 0.05) is 30.2 Å². The number of aliphatic imine (C=N–C) groups is 1. The van der Waals surface area contributed by atoms with Gasteiger partial charge in [0.15, 0.2) is 0 Å². The van der Waals surface area contributed by atoms with Crippen molar-refractivity contribution in [2.75, 3.05) is 14.2 Å². The maximum absolute atomic E-state index is 5.87. The Morgan fingerprint density at radius 2 is 1.91 bits per heavy atom. The molecule has 0 radical (unpaired) electrons. The molecule has 5 heteroatoms. The van der Waals surface area contributed by atoms with Crippen LogP contribution in [0.4, 0.5) is 0 Å². The number of imidazole rings is 1. The summed E-state index contributed by atoms with van der Waals surface area (Å²) >= 11 is 0. The lowest BCUT2D eigenvalue weighted by molar-refractivity contribution is 0.225. The molecular formula is C30H41N3O2. The summed E-state index contributed by atoms with van der Waals surface area (Å²) in [6, 6.07) is 4.68. The zero-order valence-corrected chi connectivity index (χ0v) is 22.7. The third-order valence-electron chi connectivity index (χ3n) is 7.73. The smallest absolute Gasteiger partial charge is 0.122 e. The molecule has 4 rings (SSSR count). The van der Waals surface area contributed by atoms with Gasteiger partial charge < -0.3 is 14.0 Å². The Hall–Kier alpha value is -2.82. The predicted octanol–water partition coefficient (Wildman–Crippen LogP) is 6.90. The molecule has 0 saturated heterocycles. The molecule has 0 amide bonds. The first-order chi connectivity index (χ1) is 16.6. The van der Waals surface area contributed by atoms with E-state index in [1.807, 2.05) is 24.0 Å². The van der Waals surface area contributed by atoms with Crippen LogP contribution >= 0.6 is 0 Å². The third-order valence-corrected chi connectivity index (χ3v) is 7.73. The molecular weight excluding hydrogens is 434 g/mol. The number of allylic oxidation sites excluding steroid dienone is 3. The van der Waals surface area contributed by atoms with E-state index in [4.69, 9.17) is 14.5 Å². The fraction of sp³-hybridized carbons (Fsp3) is 0.533. The van der Waals surface area contributed by atoms with Gasteiger partial charge in [-0.3, -0.25) is 4.99 Å². The molecule has 5 nitrogen and oxygen atoms in total. The highest BCUT2D eigenvalue weighted by Crippen LogP contribution is 2.41. The van der Waals surface area contributed by atoms with Crippen LogP contribution < -0.4 is 4.74 Å². The number of hydrogen-bond donors (Lipinski definition) is 0. The number of ether oxygens (including phenoxy) is 2. The molecule has 1 heterocycles. The van der Waals surface area contributed by atoms with Crippen molar-refractivity contribution in [3.8, 4) is 5.75 Å². The zero-order chi connectivity index (χ0) is 25.3. The van der Waals surface area contributed by atoms with E-state index in [9.17, 15) is 0 Å². The molecule has 0 spiro atoms. The van der Waals surface area contributed by atoms with Gasteiger partial charge in [0.1, 0.15) is 11.5 Å². The highest BCUT2D eigenvalue weighted by molar-refractivity contribution is 5.91. The Morgan fingerprint density at radius 3 is 2.49 bits per heavy atom. The number of rotatable bonds is 9. The Morgan fingerprint density at radius 1 is 1.17 bits per heavy atom. The van der Waals surface area contributed by atoms with E-state index in [1.165, 1.54) is 35.2 Å². The number of methoxy groups -OCH3 is 2. The van der Waals surface area contributed by atoms with Crippen LogP contribution in [-0.2, 0) is 11.2 Å². The highest BCUT2D eigenvalue weighted by Gasteiger charge is 2.36. The van der Waals surface area contributed by atoms with Crippen LogP contribution in [-0.4, -0.2) is 35.5 Å². The maximum atomic E-state index is 5.87. The minimum Gasteiger partial charge on any atom is -0.499 e. The Kier molecular flexibility index (Phi) is 7.25. The molecule has 0 aliphatic heterocycles. The monoisotopic (exact) mass is 475 g/mol. The number of aromatic nitrogens is 2. The summed E-state index contributed by atoms with van der Waals surface area (Å²) in [5.74, 6) is 3.00. The largest absolute Gasteiger partial charge is 0.499 e. The molecule has 1 aromatic carbocycles. The standard InChI is InChI=1S/C30H41N3O2/c1-19(2)25-14-24(20(3)13-28(25)34-7)15-26(23-9-10-23)32-22(5)30(6)12-11-27(29(16-30)35-8)33-17-21(4)31-18-33/h11-14,17-19,22-23H,9-10,15-16H2,1-8H3. The summed E-state index contributed by atoms with van der Waals surface area (Å²) in [7, 11) is 3.53. The van der Waals surface area contributed by atoms with Crippen LogP contribution in [0.2, 0.25) is 0 Å². The van der Waals surface area contributed by atoms with Crippen LogP contribution in [0.5, 0.6) is 5.75 Å². The van der Waals surface area contributed by atoms with Gasteiger partial charge in [-0.1, -0.05) is 32.9 Å². The quantitative estimate of drug-likeness (QED) is 0.371. The second-order valence-electron chi connectivity index (χ2n) is 10.9. The van der Waals surface area contributed by atoms with Gasteiger partial charge in [-0.05, 0) is 74.3 Å². The molecule has 2 atom stereocenters. The van der Waals surface area contributed by atoms with Crippen molar-refractivity contribution in [2.45, 2.75) is 79.2 Å². The lowest BCUT2D eigenvalue weighted by Gasteiger charge is -2.35. The van der Waals surface area contributed by atoms with E-state index in [0.29, 0.717) is 11.8 Å². The van der Waals surface area contributed by atoms with Crippen LogP contribution in [0.15, 0.2) is 47.6 Å². The van der Waals surface area contributed by atoms with E-state index in [0.717, 1.165) is 35.7 Å². The number of nitrogens with zero attached hydrogens (tertiary/aromatic N) is 3.